The third-order valence-electron chi connectivity index (χ3n) is 4.60. The average Bonchev–Trinajstić information content (AvgIpc) is 2.69. The summed E-state index contributed by atoms with van der Waals surface area (Å²) in [5.41, 5.74) is 2.96. The number of aryl methyl sites for hydroxylation is 2. The van der Waals surface area contributed by atoms with Gasteiger partial charge in [-0.15, -0.1) is 0 Å². The smallest absolute Gasteiger partial charge is 0.224 e. The number of hydrogen-bond donors (Lipinski definition) is 1. The van der Waals surface area contributed by atoms with Crippen molar-refractivity contribution in [3.05, 3.63) is 53.2 Å². The lowest BCUT2D eigenvalue weighted by molar-refractivity contribution is -0.181. The van der Waals surface area contributed by atoms with Crippen molar-refractivity contribution in [2.24, 2.45) is 0 Å². The van der Waals surface area contributed by atoms with E-state index >= 15 is 0 Å². The normalized spacial score (nSPS) is 14.7. The van der Waals surface area contributed by atoms with E-state index in [0.717, 1.165) is 48.4 Å². The lowest BCUT2D eigenvalue weighted by Crippen LogP contribution is -2.34. The molecule has 1 N–H and O–H groups in total. The minimum Gasteiger partial charge on any atom is -0.438 e. The van der Waals surface area contributed by atoms with Crippen LogP contribution < -0.4 is 10.1 Å². The third kappa shape index (κ3) is 5.52. The van der Waals surface area contributed by atoms with E-state index in [1.165, 1.54) is 0 Å². The van der Waals surface area contributed by atoms with Gasteiger partial charge >= 0.3 is 0 Å². The van der Waals surface area contributed by atoms with Gasteiger partial charge in [0.25, 0.3) is 0 Å². The fourth-order valence-electron chi connectivity index (χ4n) is 3.04. The van der Waals surface area contributed by atoms with Crippen molar-refractivity contribution < 1.29 is 14.4 Å². The number of amides is 1. The molecule has 6 nitrogen and oxygen atoms in total. The van der Waals surface area contributed by atoms with Gasteiger partial charge in [-0.3, -0.25) is 9.63 Å². The zero-order valence-corrected chi connectivity index (χ0v) is 16.0. The van der Waals surface area contributed by atoms with Crippen LogP contribution in [0.5, 0.6) is 11.6 Å². The van der Waals surface area contributed by atoms with E-state index in [4.69, 9.17) is 9.57 Å². The van der Waals surface area contributed by atoms with Crippen LogP contribution in [0.25, 0.3) is 0 Å². The van der Waals surface area contributed by atoms with E-state index < -0.39 is 0 Å². The summed E-state index contributed by atoms with van der Waals surface area (Å²) in [6.45, 7) is 6.66. The Morgan fingerprint density at radius 1 is 1.22 bits per heavy atom. The van der Waals surface area contributed by atoms with Crippen LogP contribution in [0.2, 0.25) is 0 Å². The fraction of sp³-hybridized carbons (Fsp3) is 0.429. The Morgan fingerprint density at radius 3 is 2.78 bits per heavy atom. The van der Waals surface area contributed by atoms with E-state index in [9.17, 15) is 4.79 Å². The number of ether oxygens (including phenoxy) is 1. The molecule has 1 aromatic heterocycles. The molecule has 1 aliphatic heterocycles. The summed E-state index contributed by atoms with van der Waals surface area (Å²) in [5, 5.41) is 4.83. The molecule has 1 amide bonds. The molecule has 144 valence electrons. The minimum absolute atomic E-state index is 0.00829. The second-order valence-corrected chi connectivity index (χ2v) is 6.79. The predicted octanol–water partition coefficient (Wildman–Crippen LogP) is 3.52. The summed E-state index contributed by atoms with van der Waals surface area (Å²) in [4.78, 5) is 22.1. The van der Waals surface area contributed by atoms with Crippen LogP contribution in [0.15, 0.2) is 36.5 Å². The number of carbonyl (C=O) groups excluding carboxylic acids is 1. The largest absolute Gasteiger partial charge is 0.438 e. The molecule has 1 fully saturated rings. The molecular weight excluding hydrogens is 342 g/mol. The number of carbonyl (C=O) groups is 1. The number of nitrogens with one attached hydrogen (secondary N) is 1. The van der Waals surface area contributed by atoms with Crippen LogP contribution in [0.4, 0.5) is 0 Å². The number of benzene rings is 1. The summed E-state index contributed by atoms with van der Waals surface area (Å²) in [5.74, 6) is 1.33. The molecular formula is C21H27N3O3. The first-order valence-corrected chi connectivity index (χ1v) is 9.46. The van der Waals surface area contributed by atoms with Gasteiger partial charge in [0.2, 0.25) is 11.8 Å². The van der Waals surface area contributed by atoms with Gasteiger partial charge < -0.3 is 10.1 Å². The van der Waals surface area contributed by atoms with Crippen molar-refractivity contribution in [3.8, 4) is 11.6 Å². The van der Waals surface area contributed by atoms with E-state index in [1.807, 2.05) is 49.2 Å². The minimum atomic E-state index is -0.00829. The van der Waals surface area contributed by atoms with E-state index in [0.29, 0.717) is 25.4 Å². The standard InChI is InChI=1S/C21H27N3O3/c1-16-7-5-8-17(2)20(16)27-21-18(9-6-11-22-21)15-23-19(25)10-13-24-12-3-4-14-26-24/h5-9,11H,3-4,10,12-15H2,1-2H3,(H,23,25). The average molecular weight is 369 g/mol. The molecule has 1 aliphatic rings. The van der Waals surface area contributed by atoms with E-state index in [2.05, 4.69) is 10.3 Å². The Hall–Kier alpha value is -2.44. The Bertz CT molecular complexity index is 753. The molecule has 0 unspecified atom stereocenters. The number of para-hydroxylation sites is 1. The predicted molar refractivity (Wildman–Crippen MR) is 103 cm³/mol. The van der Waals surface area contributed by atoms with Crippen molar-refractivity contribution in [3.63, 3.8) is 0 Å². The second-order valence-electron chi connectivity index (χ2n) is 6.79. The van der Waals surface area contributed by atoms with Crippen LogP contribution in [0.3, 0.4) is 0 Å². The summed E-state index contributed by atoms with van der Waals surface area (Å²) >= 11 is 0. The molecule has 1 aromatic carbocycles. The van der Waals surface area contributed by atoms with Gasteiger partial charge in [-0.05, 0) is 43.9 Å². The Balaban J connectivity index is 1.56. The molecule has 27 heavy (non-hydrogen) atoms. The summed E-state index contributed by atoms with van der Waals surface area (Å²) in [7, 11) is 0. The Labute approximate surface area is 160 Å². The maximum absolute atomic E-state index is 12.2. The molecule has 0 spiro atoms. The van der Waals surface area contributed by atoms with Crippen molar-refractivity contribution in [2.45, 2.75) is 39.7 Å². The van der Waals surface area contributed by atoms with Gasteiger partial charge in [0.05, 0.1) is 6.61 Å². The lowest BCUT2D eigenvalue weighted by Gasteiger charge is -2.25. The fourth-order valence-corrected chi connectivity index (χ4v) is 3.04. The number of hydrogen-bond acceptors (Lipinski definition) is 5. The second kappa shape index (κ2) is 9.48. The van der Waals surface area contributed by atoms with Gasteiger partial charge in [-0.2, -0.15) is 5.06 Å². The van der Waals surface area contributed by atoms with Gasteiger partial charge in [0.15, 0.2) is 0 Å². The molecule has 1 saturated heterocycles. The molecule has 0 bridgehead atoms. The summed E-state index contributed by atoms with van der Waals surface area (Å²) in [6, 6.07) is 9.79. The first-order valence-electron chi connectivity index (χ1n) is 9.46. The molecule has 0 aliphatic carbocycles. The van der Waals surface area contributed by atoms with Gasteiger partial charge in [0.1, 0.15) is 5.75 Å². The number of pyridine rings is 1. The Morgan fingerprint density at radius 2 is 2.04 bits per heavy atom. The third-order valence-corrected chi connectivity index (χ3v) is 4.60. The molecule has 2 heterocycles. The van der Waals surface area contributed by atoms with E-state index in [-0.39, 0.29) is 5.91 Å². The molecule has 3 rings (SSSR count). The van der Waals surface area contributed by atoms with Gasteiger partial charge in [-0.1, -0.05) is 24.3 Å². The van der Waals surface area contributed by atoms with Crippen LogP contribution in [-0.2, 0) is 16.2 Å². The van der Waals surface area contributed by atoms with Gasteiger partial charge in [-0.25, -0.2) is 4.98 Å². The van der Waals surface area contributed by atoms with Crippen molar-refractivity contribution in [1.29, 1.82) is 0 Å². The zero-order valence-electron chi connectivity index (χ0n) is 16.0. The highest BCUT2D eigenvalue weighted by Gasteiger charge is 2.14. The summed E-state index contributed by atoms with van der Waals surface area (Å²) < 4.78 is 6.07. The summed E-state index contributed by atoms with van der Waals surface area (Å²) in [6.07, 6.45) is 4.32. The first kappa shape index (κ1) is 19.3. The van der Waals surface area contributed by atoms with Crippen molar-refractivity contribution in [1.82, 2.24) is 15.4 Å². The lowest BCUT2D eigenvalue weighted by atomic mass is 10.1. The Kier molecular flexibility index (Phi) is 6.79. The van der Waals surface area contributed by atoms with Gasteiger partial charge in [0, 0.05) is 37.8 Å². The van der Waals surface area contributed by atoms with Crippen LogP contribution in [0, 0.1) is 13.8 Å². The van der Waals surface area contributed by atoms with E-state index in [1.54, 1.807) is 6.20 Å². The van der Waals surface area contributed by atoms with Crippen LogP contribution in [-0.4, -0.2) is 35.7 Å². The molecule has 0 radical (unpaired) electrons. The van der Waals surface area contributed by atoms with Crippen molar-refractivity contribution >= 4 is 5.91 Å². The molecule has 2 aromatic rings. The first-order chi connectivity index (χ1) is 13.1. The molecule has 0 atom stereocenters. The number of nitrogens with zero attached hydrogens (tertiary/aromatic N) is 2. The number of aromatic nitrogens is 1. The van der Waals surface area contributed by atoms with Crippen molar-refractivity contribution in [2.75, 3.05) is 19.7 Å². The zero-order chi connectivity index (χ0) is 19.1. The SMILES string of the molecule is Cc1cccc(C)c1Oc1ncccc1CNC(=O)CCN1CCCCO1. The maximum atomic E-state index is 12.2. The number of rotatable bonds is 7. The maximum Gasteiger partial charge on any atom is 0.224 e. The van der Waals surface area contributed by atoms with Crippen LogP contribution >= 0.6 is 0 Å². The number of hydroxylamine groups is 2. The monoisotopic (exact) mass is 369 g/mol. The highest BCUT2D eigenvalue weighted by molar-refractivity contribution is 5.76. The molecule has 6 heteroatoms. The highest BCUT2D eigenvalue weighted by Crippen LogP contribution is 2.29. The highest BCUT2D eigenvalue weighted by atomic mass is 16.7. The topological polar surface area (TPSA) is 63.7 Å². The van der Waals surface area contributed by atoms with Crippen LogP contribution in [0.1, 0.15) is 36.0 Å². The quantitative estimate of drug-likeness (QED) is 0.809. The molecule has 0 saturated carbocycles.